The zero-order valence-corrected chi connectivity index (χ0v) is 13.8. The average Bonchev–Trinajstić information content (AvgIpc) is 2.60. The number of hydrogen-bond donors (Lipinski definition) is 1. The van der Waals surface area contributed by atoms with Gasteiger partial charge in [-0.1, -0.05) is 12.1 Å². The number of aromatic hydroxyl groups is 1. The summed E-state index contributed by atoms with van der Waals surface area (Å²) in [7, 11) is -4.80. The van der Waals surface area contributed by atoms with E-state index in [0.717, 1.165) is 6.07 Å². The van der Waals surface area contributed by atoms with Crippen LogP contribution >= 0.6 is 0 Å². The third-order valence-electron chi connectivity index (χ3n) is 3.56. The summed E-state index contributed by atoms with van der Waals surface area (Å²) in [6, 6.07) is 11.8. The first-order valence-electron chi connectivity index (χ1n) is 7.14. The van der Waals surface area contributed by atoms with Crippen LogP contribution in [-0.2, 0) is 10.1 Å². The number of nitro groups is 1. The number of azo groups is 1. The largest absolute Gasteiger partial charge is 0.744 e. The Kier molecular flexibility index (Phi) is 4.36. The molecule has 0 radical (unpaired) electrons. The predicted molar refractivity (Wildman–Crippen MR) is 90.8 cm³/mol. The standard InChI is InChI=1S/C16H11N3O6S/c20-14-9-8-13(16-12(14)2-1-3-15(16)26(23,24)25)18-17-10-4-6-11(7-5-10)19(21)22/h1-9,20H,(H,23,24,25)/p-1. The van der Waals surface area contributed by atoms with Crippen molar-refractivity contribution in [3.05, 3.63) is 64.7 Å². The third kappa shape index (κ3) is 3.36. The summed E-state index contributed by atoms with van der Waals surface area (Å²) in [5, 5.41) is 28.5. The predicted octanol–water partition coefficient (Wildman–Crippen LogP) is 3.77. The Morgan fingerprint density at radius 1 is 0.962 bits per heavy atom. The van der Waals surface area contributed by atoms with Gasteiger partial charge in [-0.3, -0.25) is 10.1 Å². The Hall–Kier alpha value is -3.37. The molecule has 0 bridgehead atoms. The van der Waals surface area contributed by atoms with Gasteiger partial charge in [-0.25, -0.2) is 8.42 Å². The Bertz CT molecular complexity index is 1140. The van der Waals surface area contributed by atoms with Crippen molar-refractivity contribution in [2.24, 2.45) is 10.2 Å². The van der Waals surface area contributed by atoms with Crippen LogP contribution in [0, 0.1) is 10.1 Å². The fourth-order valence-corrected chi connectivity index (χ4v) is 3.09. The van der Waals surface area contributed by atoms with E-state index in [1.165, 1.54) is 48.5 Å². The molecule has 0 heterocycles. The molecule has 3 aromatic carbocycles. The van der Waals surface area contributed by atoms with Crippen LogP contribution in [0.5, 0.6) is 5.75 Å². The lowest BCUT2D eigenvalue weighted by Crippen LogP contribution is -1.99. The second-order valence-electron chi connectivity index (χ2n) is 5.21. The van der Waals surface area contributed by atoms with E-state index in [9.17, 15) is 28.2 Å². The van der Waals surface area contributed by atoms with Crippen molar-refractivity contribution in [2.45, 2.75) is 4.90 Å². The number of phenols is 1. The monoisotopic (exact) mass is 372 g/mol. The van der Waals surface area contributed by atoms with Crippen molar-refractivity contribution in [1.82, 2.24) is 0 Å². The first-order valence-corrected chi connectivity index (χ1v) is 8.55. The number of nitro benzene ring substituents is 1. The number of non-ortho nitro benzene ring substituents is 1. The summed E-state index contributed by atoms with van der Waals surface area (Å²) in [5.41, 5.74) is 0.240. The smallest absolute Gasteiger partial charge is 0.269 e. The van der Waals surface area contributed by atoms with Crippen molar-refractivity contribution in [1.29, 1.82) is 0 Å². The van der Waals surface area contributed by atoms with E-state index in [1.54, 1.807) is 0 Å². The van der Waals surface area contributed by atoms with Crippen LogP contribution < -0.4 is 0 Å². The molecule has 9 nitrogen and oxygen atoms in total. The van der Waals surface area contributed by atoms with Crippen molar-refractivity contribution < 1.29 is 23.0 Å². The Balaban J connectivity index is 2.13. The van der Waals surface area contributed by atoms with Gasteiger partial charge in [-0.2, -0.15) is 5.11 Å². The van der Waals surface area contributed by atoms with E-state index in [-0.39, 0.29) is 27.9 Å². The molecule has 0 aliphatic carbocycles. The fourth-order valence-electron chi connectivity index (χ4n) is 2.38. The molecular formula is C16H10N3O6S-. The minimum atomic E-state index is -4.80. The van der Waals surface area contributed by atoms with Gasteiger partial charge in [0, 0.05) is 22.9 Å². The third-order valence-corrected chi connectivity index (χ3v) is 4.44. The maximum absolute atomic E-state index is 11.5. The van der Waals surface area contributed by atoms with Crippen LogP contribution in [0.2, 0.25) is 0 Å². The van der Waals surface area contributed by atoms with E-state index < -0.39 is 19.9 Å². The molecule has 3 aromatic rings. The van der Waals surface area contributed by atoms with Gasteiger partial charge in [0.2, 0.25) is 0 Å². The van der Waals surface area contributed by atoms with Gasteiger partial charge in [0.05, 0.1) is 21.2 Å². The minimum absolute atomic E-state index is 0.0480. The lowest BCUT2D eigenvalue weighted by Gasteiger charge is -2.12. The Morgan fingerprint density at radius 3 is 2.27 bits per heavy atom. The maximum atomic E-state index is 11.5. The second kappa shape index (κ2) is 6.50. The van der Waals surface area contributed by atoms with Crippen molar-refractivity contribution >= 4 is 38.0 Å². The van der Waals surface area contributed by atoms with Crippen LogP contribution in [0.25, 0.3) is 10.8 Å². The molecule has 0 saturated carbocycles. The van der Waals surface area contributed by atoms with Gasteiger partial charge in [0.25, 0.3) is 5.69 Å². The van der Waals surface area contributed by atoms with Gasteiger partial charge < -0.3 is 9.66 Å². The first kappa shape index (κ1) is 17.5. The van der Waals surface area contributed by atoms with E-state index in [0.29, 0.717) is 5.69 Å². The zero-order chi connectivity index (χ0) is 18.9. The van der Waals surface area contributed by atoms with Gasteiger partial charge in [0.15, 0.2) is 0 Å². The molecule has 0 fully saturated rings. The highest BCUT2D eigenvalue weighted by molar-refractivity contribution is 7.86. The molecule has 10 heteroatoms. The number of benzene rings is 3. The molecule has 0 aromatic heterocycles. The van der Waals surface area contributed by atoms with Crippen molar-refractivity contribution in [3.8, 4) is 5.75 Å². The molecule has 26 heavy (non-hydrogen) atoms. The number of fused-ring (bicyclic) bond motifs is 1. The molecule has 0 spiro atoms. The lowest BCUT2D eigenvalue weighted by atomic mass is 10.1. The van der Waals surface area contributed by atoms with E-state index in [4.69, 9.17) is 0 Å². The maximum Gasteiger partial charge on any atom is 0.269 e. The van der Waals surface area contributed by atoms with E-state index in [2.05, 4.69) is 10.2 Å². The average molecular weight is 372 g/mol. The van der Waals surface area contributed by atoms with Gasteiger partial charge in [0.1, 0.15) is 15.9 Å². The minimum Gasteiger partial charge on any atom is -0.744 e. The van der Waals surface area contributed by atoms with Crippen molar-refractivity contribution in [3.63, 3.8) is 0 Å². The molecule has 1 N–H and O–H groups in total. The summed E-state index contributed by atoms with van der Waals surface area (Å²) >= 11 is 0. The SMILES string of the molecule is O=[N+]([O-])c1ccc(N=Nc2ccc(O)c3cccc(S(=O)(=O)[O-])c23)cc1. The van der Waals surface area contributed by atoms with Crippen LogP contribution in [0.15, 0.2) is 69.7 Å². The van der Waals surface area contributed by atoms with Crippen LogP contribution in [0.1, 0.15) is 0 Å². The summed E-state index contributed by atoms with van der Waals surface area (Å²) < 4.78 is 34.5. The number of phenolic OH excluding ortho intramolecular Hbond substituents is 1. The Morgan fingerprint density at radius 2 is 1.65 bits per heavy atom. The van der Waals surface area contributed by atoms with Crippen molar-refractivity contribution in [2.75, 3.05) is 0 Å². The topological polar surface area (TPSA) is 145 Å². The second-order valence-corrected chi connectivity index (χ2v) is 6.56. The number of rotatable bonds is 4. The highest BCUT2D eigenvalue weighted by Gasteiger charge is 2.14. The molecule has 0 saturated heterocycles. The highest BCUT2D eigenvalue weighted by Crippen LogP contribution is 2.37. The molecule has 132 valence electrons. The molecule has 0 atom stereocenters. The Labute approximate surface area is 147 Å². The fraction of sp³-hybridized carbons (Fsp3) is 0. The summed E-state index contributed by atoms with van der Waals surface area (Å²) in [4.78, 5) is 9.56. The lowest BCUT2D eigenvalue weighted by molar-refractivity contribution is -0.384. The summed E-state index contributed by atoms with van der Waals surface area (Å²) in [5.74, 6) is -0.209. The normalized spacial score (nSPS) is 11.9. The van der Waals surface area contributed by atoms with Crippen LogP contribution in [0.4, 0.5) is 17.1 Å². The highest BCUT2D eigenvalue weighted by atomic mass is 32.2. The van der Waals surface area contributed by atoms with E-state index in [1.807, 2.05) is 0 Å². The first-order chi connectivity index (χ1) is 12.3. The quantitative estimate of drug-likeness (QED) is 0.319. The molecule has 0 aliphatic heterocycles. The summed E-state index contributed by atoms with van der Waals surface area (Å²) in [6.07, 6.45) is 0. The van der Waals surface area contributed by atoms with Gasteiger partial charge in [-0.05, 0) is 30.3 Å². The summed E-state index contributed by atoms with van der Waals surface area (Å²) in [6.45, 7) is 0. The van der Waals surface area contributed by atoms with Gasteiger partial charge in [-0.15, -0.1) is 5.11 Å². The number of nitrogens with zero attached hydrogens (tertiary/aromatic N) is 3. The van der Waals surface area contributed by atoms with Crippen LogP contribution in [0.3, 0.4) is 0 Å². The molecule has 0 aliphatic rings. The van der Waals surface area contributed by atoms with Gasteiger partial charge >= 0.3 is 0 Å². The number of hydrogen-bond acceptors (Lipinski definition) is 8. The molecule has 0 unspecified atom stereocenters. The molecular weight excluding hydrogens is 362 g/mol. The zero-order valence-electron chi connectivity index (χ0n) is 12.9. The molecule has 0 amide bonds. The van der Waals surface area contributed by atoms with Crippen LogP contribution in [-0.4, -0.2) is 23.0 Å². The molecule has 3 rings (SSSR count). The van der Waals surface area contributed by atoms with E-state index >= 15 is 0 Å².